The highest BCUT2D eigenvalue weighted by Crippen LogP contribution is 2.23. The van der Waals surface area contributed by atoms with Crippen molar-refractivity contribution in [3.63, 3.8) is 0 Å². The van der Waals surface area contributed by atoms with Crippen molar-refractivity contribution in [2.45, 2.75) is 6.10 Å². The summed E-state index contributed by atoms with van der Waals surface area (Å²) >= 11 is 0. The number of ether oxygens (including phenoxy) is 1. The second-order valence-corrected chi connectivity index (χ2v) is 3.26. The lowest BCUT2D eigenvalue weighted by molar-refractivity contribution is -0.150. The van der Waals surface area contributed by atoms with E-state index in [1.165, 1.54) is 13.3 Å². The number of esters is 1. The minimum atomic E-state index is -1.29. The van der Waals surface area contributed by atoms with E-state index in [0.29, 0.717) is 10.9 Å². The highest BCUT2D eigenvalue weighted by Gasteiger charge is 2.19. The molecule has 0 saturated carbocycles. The second-order valence-electron chi connectivity index (χ2n) is 3.26. The lowest BCUT2D eigenvalue weighted by Crippen LogP contribution is -2.13. The van der Waals surface area contributed by atoms with Gasteiger partial charge in [0.05, 0.1) is 19.5 Å². The molecule has 1 heterocycles. The van der Waals surface area contributed by atoms with E-state index in [-0.39, 0.29) is 0 Å². The third-order valence-corrected chi connectivity index (χ3v) is 2.34. The number of nitrogens with zero attached hydrogens (tertiary/aromatic N) is 2. The van der Waals surface area contributed by atoms with Gasteiger partial charge in [0.25, 0.3) is 0 Å². The average molecular weight is 218 g/mol. The van der Waals surface area contributed by atoms with Gasteiger partial charge in [-0.1, -0.05) is 18.2 Å². The largest absolute Gasteiger partial charge is 0.467 e. The Kier molecular flexibility index (Phi) is 2.78. The smallest absolute Gasteiger partial charge is 0.339 e. The van der Waals surface area contributed by atoms with Crippen LogP contribution in [0.4, 0.5) is 0 Å². The molecule has 0 saturated heterocycles. The first-order valence-corrected chi connectivity index (χ1v) is 4.69. The van der Waals surface area contributed by atoms with Gasteiger partial charge in [-0.25, -0.2) is 4.79 Å². The number of carbonyl (C=O) groups is 1. The Balaban J connectivity index is 2.56. The summed E-state index contributed by atoms with van der Waals surface area (Å²) in [5, 5.41) is 18.7. The maximum Gasteiger partial charge on any atom is 0.339 e. The third kappa shape index (κ3) is 1.72. The van der Waals surface area contributed by atoms with Crippen LogP contribution in [0.25, 0.3) is 10.8 Å². The lowest BCUT2D eigenvalue weighted by atomic mass is 10.0. The SMILES string of the molecule is COC(=O)C(O)c1cccc2cnncc12. The molecule has 0 fully saturated rings. The molecule has 5 heteroatoms. The molecule has 0 amide bonds. The molecule has 2 aromatic rings. The standard InChI is InChI=1S/C11H10N2O3/c1-16-11(15)10(14)8-4-2-3-7-5-12-13-6-9(7)8/h2-6,10,14H,1H3. The molecule has 16 heavy (non-hydrogen) atoms. The Morgan fingerprint density at radius 2 is 2.12 bits per heavy atom. The van der Waals surface area contributed by atoms with E-state index in [2.05, 4.69) is 14.9 Å². The van der Waals surface area contributed by atoms with E-state index >= 15 is 0 Å². The van der Waals surface area contributed by atoms with E-state index in [1.54, 1.807) is 18.3 Å². The number of carbonyl (C=O) groups excluding carboxylic acids is 1. The zero-order valence-corrected chi connectivity index (χ0v) is 8.62. The number of rotatable bonds is 2. The summed E-state index contributed by atoms with van der Waals surface area (Å²) < 4.78 is 4.49. The van der Waals surface area contributed by atoms with Crippen molar-refractivity contribution in [2.24, 2.45) is 0 Å². The monoisotopic (exact) mass is 218 g/mol. The van der Waals surface area contributed by atoms with Gasteiger partial charge in [-0.2, -0.15) is 10.2 Å². The molecule has 5 nitrogen and oxygen atoms in total. The van der Waals surface area contributed by atoms with Crippen molar-refractivity contribution >= 4 is 16.7 Å². The predicted molar refractivity (Wildman–Crippen MR) is 56.5 cm³/mol. The number of aliphatic hydroxyl groups excluding tert-OH is 1. The van der Waals surface area contributed by atoms with Crippen LogP contribution in [0, 0.1) is 0 Å². The fourth-order valence-electron chi connectivity index (χ4n) is 1.53. The van der Waals surface area contributed by atoms with Crippen molar-refractivity contribution in [3.8, 4) is 0 Å². The van der Waals surface area contributed by atoms with E-state index in [0.717, 1.165) is 5.39 Å². The molecule has 0 aliphatic heterocycles. The minimum Gasteiger partial charge on any atom is -0.467 e. The van der Waals surface area contributed by atoms with E-state index < -0.39 is 12.1 Å². The van der Waals surface area contributed by atoms with Gasteiger partial charge in [-0.15, -0.1) is 0 Å². The summed E-state index contributed by atoms with van der Waals surface area (Å²) in [4.78, 5) is 11.2. The highest BCUT2D eigenvalue weighted by atomic mass is 16.5. The van der Waals surface area contributed by atoms with Crippen LogP contribution in [0.2, 0.25) is 0 Å². The Bertz CT molecular complexity index is 522. The van der Waals surface area contributed by atoms with Crippen LogP contribution >= 0.6 is 0 Å². The zero-order chi connectivity index (χ0) is 11.5. The number of hydrogen-bond donors (Lipinski definition) is 1. The number of hydrogen-bond acceptors (Lipinski definition) is 5. The molecule has 1 N–H and O–H groups in total. The zero-order valence-electron chi connectivity index (χ0n) is 8.62. The Hall–Kier alpha value is -2.01. The normalized spacial score (nSPS) is 12.4. The van der Waals surface area contributed by atoms with Gasteiger partial charge in [0.2, 0.25) is 0 Å². The molecule has 1 atom stereocenters. The van der Waals surface area contributed by atoms with Crippen molar-refractivity contribution in [3.05, 3.63) is 36.2 Å². The molecule has 1 unspecified atom stereocenters. The van der Waals surface area contributed by atoms with Gasteiger partial charge >= 0.3 is 5.97 Å². The van der Waals surface area contributed by atoms with Crippen molar-refractivity contribution in [1.82, 2.24) is 10.2 Å². The molecule has 2 rings (SSSR count). The first kappa shape index (κ1) is 10.5. The van der Waals surface area contributed by atoms with Gasteiger partial charge in [0.15, 0.2) is 6.10 Å². The van der Waals surface area contributed by atoms with E-state index in [9.17, 15) is 9.90 Å². The molecule has 1 aromatic carbocycles. The summed E-state index contributed by atoms with van der Waals surface area (Å²) in [5.41, 5.74) is 0.472. The van der Waals surface area contributed by atoms with Gasteiger partial charge < -0.3 is 9.84 Å². The number of aromatic nitrogens is 2. The van der Waals surface area contributed by atoms with Crippen LogP contribution in [0.5, 0.6) is 0 Å². The molecule has 1 aromatic heterocycles. The van der Waals surface area contributed by atoms with Crippen LogP contribution < -0.4 is 0 Å². The highest BCUT2D eigenvalue weighted by molar-refractivity contribution is 5.89. The third-order valence-electron chi connectivity index (χ3n) is 2.34. The predicted octanol–water partition coefficient (Wildman–Crippen LogP) is 0.836. The molecule has 82 valence electrons. The fraction of sp³-hybridized carbons (Fsp3) is 0.182. The summed E-state index contributed by atoms with van der Waals surface area (Å²) in [6, 6.07) is 5.23. The van der Waals surface area contributed by atoms with E-state index in [4.69, 9.17) is 0 Å². The number of benzene rings is 1. The van der Waals surface area contributed by atoms with Crippen LogP contribution in [0.3, 0.4) is 0 Å². The lowest BCUT2D eigenvalue weighted by Gasteiger charge is -2.10. The summed E-state index contributed by atoms with van der Waals surface area (Å²) in [5.74, 6) is -0.690. The number of methoxy groups -OCH3 is 1. The van der Waals surface area contributed by atoms with Crippen LogP contribution in [-0.4, -0.2) is 28.4 Å². The van der Waals surface area contributed by atoms with Gasteiger partial charge in [-0.3, -0.25) is 0 Å². The Morgan fingerprint density at radius 1 is 1.38 bits per heavy atom. The Labute approximate surface area is 91.7 Å². The van der Waals surface area contributed by atoms with Gasteiger partial charge in [-0.05, 0) is 0 Å². The van der Waals surface area contributed by atoms with Crippen LogP contribution in [0.15, 0.2) is 30.6 Å². The molecule has 0 aliphatic carbocycles. The first-order valence-electron chi connectivity index (χ1n) is 4.69. The molecule has 0 bridgehead atoms. The van der Waals surface area contributed by atoms with E-state index in [1.807, 2.05) is 6.07 Å². The topological polar surface area (TPSA) is 72.3 Å². The second kappa shape index (κ2) is 4.24. The minimum absolute atomic E-state index is 0.472. The Morgan fingerprint density at radius 3 is 2.88 bits per heavy atom. The van der Waals surface area contributed by atoms with Crippen molar-refractivity contribution < 1.29 is 14.6 Å². The maximum absolute atomic E-state index is 11.2. The average Bonchev–Trinajstić information content (AvgIpc) is 2.36. The van der Waals surface area contributed by atoms with Crippen molar-refractivity contribution in [2.75, 3.05) is 7.11 Å². The summed E-state index contributed by atoms with van der Waals surface area (Å²) in [6.07, 6.45) is 1.79. The molecular weight excluding hydrogens is 208 g/mol. The summed E-state index contributed by atoms with van der Waals surface area (Å²) in [6.45, 7) is 0. The quantitative estimate of drug-likeness (QED) is 0.756. The van der Waals surface area contributed by atoms with Crippen LogP contribution in [0.1, 0.15) is 11.7 Å². The maximum atomic E-state index is 11.2. The molecule has 0 aliphatic rings. The number of aliphatic hydroxyl groups is 1. The first-order chi connectivity index (χ1) is 7.74. The van der Waals surface area contributed by atoms with Crippen LogP contribution in [-0.2, 0) is 9.53 Å². The van der Waals surface area contributed by atoms with Gasteiger partial charge in [0.1, 0.15) is 0 Å². The molecular formula is C11H10N2O3. The fourth-order valence-corrected chi connectivity index (χ4v) is 1.53. The van der Waals surface area contributed by atoms with Gasteiger partial charge in [0, 0.05) is 16.3 Å². The molecule has 0 spiro atoms. The molecule has 0 radical (unpaired) electrons. The number of fused-ring (bicyclic) bond motifs is 1. The van der Waals surface area contributed by atoms with Crippen molar-refractivity contribution in [1.29, 1.82) is 0 Å². The summed E-state index contributed by atoms with van der Waals surface area (Å²) in [7, 11) is 1.23.